The van der Waals surface area contributed by atoms with Crippen LogP contribution in [0, 0.1) is 13.8 Å². The first-order valence-electron chi connectivity index (χ1n) is 8.97. The van der Waals surface area contributed by atoms with Crippen molar-refractivity contribution < 1.29 is 9.53 Å². The highest BCUT2D eigenvalue weighted by atomic mass is 32.2. The average Bonchev–Trinajstić information content (AvgIpc) is 3.02. The minimum Gasteiger partial charge on any atom is -0.497 e. The molecular weight excluding hydrogens is 372 g/mol. The summed E-state index contributed by atoms with van der Waals surface area (Å²) in [5.74, 6) is 1.90. The number of carbonyl (C=O) groups excluding carboxylic acids is 1. The number of benzene rings is 2. The Bertz CT molecular complexity index is 967. The topological polar surface area (TPSA) is 69.0 Å². The second-order valence-corrected chi connectivity index (χ2v) is 7.58. The number of hydrogen-bond acceptors (Lipinski definition) is 5. The molecule has 6 nitrogen and oxygen atoms in total. The first kappa shape index (κ1) is 19.9. The van der Waals surface area contributed by atoms with Gasteiger partial charge in [-0.1, -0.05) is 41.6 Å². The molecule has 0 fully saturated rings. The van der Waals surface area contributed by atoms with Crippen molar-refractivity contribution in [2.24, 2.45) is 7.05 Å². The number of amides is 1. The van der Waals surface area contributed by atoms with E-state index in [2.05, 4.69) is 21.6 Å². The van der Waals surface area contributed by atoms with Crippen molar-refractivity contribution in [3.05, 3.63) is 65.0 Å². The Morgan fingerprint density at radius 1 is 1.14 bits per heavy atom. The van der Waals surface area contributed by atoms with Gasteiger partial charge in [-0.3, -0.25) is 4.79 Å². The van der Waals surface area contributed by atoms with Gasteiger partial charge in [0.2, 0.25) is 5.91 Å². The largest absolute Gasteiger partial charge is 0.497 e. The zero-order chi connectivity index (χ0) is 20.1. The molecule has 28 heavy (non-hydrogen) atoms. The van der Waals surface area contributed by atoms with Crippen molar-refractivity contribution >= 4 is 23.4 Å². The van der Waals surface area contributed by atoms with Crippen molar-refractivity contribution in [3.8, 4) is 5.75 Å². The van der Waals surface area contributed by atoms with Gasteiger partial charge >= 0.3 is 0 Å². The van der Waals surface area contributed by atoms with Gasteiger partial charge in [0.1, 0.15) is 11.6 Å². The van der Waals surface area contributed by atoms with E-state index in [0.717, 1.165) is 33.5 Å². The summed E-state index contributed by atoms with van der Waals surface area (Å²) < 4.78 is 7.11. The van der Waals surface area contributed by atoms with Crippen LogP contribution in [0.25, 0.3) is 0 Å². The summed E-state index contributed by atoms with van der Waals surface area (Å²) in [6.45, 7) is 4.02. The van der Waals surface area contributed by atoms with E-state index in [1.165, 1.54) is 17.3 Å². The molecule has 1 aromatic heterocycles. The first-order chi connectivity index (χ1) is 13.5. The number of thioether (sulfide) groups is 1. The number of ether oxygens (including phenoxy) is 1. The number of rotatable bonds is 7. The monoisotopic (exact) mass is 396 g/mol. The van der Waals surface area contributed by atoms with E-state index in [1.54, 1.807) is 7.11 Å². The van der Waals surface area contributed by atoms with E-state index in [4.69, 9.17) is 4.74 Å². The lowest BCUT2D eigenvalue weighted by Gasteiger charge is -2.09. The van der Waals surface area contributed by atoms with Gasteiger partial charge in [0.05, 0.1) is 12.9 Å². The molecule has 2 aromatic carbocycles. The van der Waals surface area contributed by atoms with Crippen LogP contribution in [-0.2, 0) is 18.3 Å². The van der Waals surface area contributed by atoms with Gasteiger partial charge in [0.15, 0.2) is 5.16 Å². The summed E-state index contributed by atoms with van der Waals surface area (Å²) in [4.78, 5) is 12.3. The minimum absolute atomic E-state index is 0.0587. The lowest BCUT2D eigenvalue weighted by atomic mass is 10.1. The van der Waals surface area contributed by atoms with Gasteiger partial charge in [-0.05, 0) is 43.2 Å². The molecule has 0 unspecified atom stereocenters. The molecule has 0 radical (unpaired) electrons. The van der Waals surface area contributed by atoms with E-state index in [-0.39, 0.29) is 11.7 Å². The quantitative estimate of drug-likeness (QED) is 0.616. The van der Waals surface area contributed by atoms with Crippen molar-refractivity contribution in [3.63, 3.8) is 0 Å². The summed E-state index contributed by atoms with van der Waals surface area (Å²) in [5, 5.41) is 12.2. The van der Waals surface area contributed by atoms with Gasteiger partial charge in [-0.2, -0.15) is 0 Å². The molecule has 0 saturated heterocycles. The van der Waals surface area contributed by atoms with Crippen molar-refractivity contribution in [2.75, 3.05) is 18.2 Å². The molecule has 0 spiro atoms. The minimum atomic E-state index is -0.0587. The lowest BCUT2D eigenvalue weighted by Crippen LogP contribution is -2.15. The number of aromatic nitrogens is 3. The fourth-order valence-electron chi connectivity index (χ4n) is 2.82. The second kappa shape index (κ2) is 8.93. The van der Waals surface area contributed by atoms with Crippen LogP contribution in [0.5, 0.6) is 5.75 Å². The number of methoxy groups -OCH3 is 1. The van der Waals surface area contributed by atoms with Crippen LogP contribution < -0.4 is 10.1 Å². The fourth-order valence-corrected chi connectivity index (χ4v) is 3.55. The third kappa shape index (κ3) is 4.92. The number of nitrogens with zero attached hydrogens (tertiary/aromatic N) is 3. The number of nitrogens with one attached hydrogen (secondary N) is 1. The van der Waals surface area contributed by atoms with E-state index >= 15 is 0 Å². The Hall–Kier alpha value is -2.80. The third-order valence-corrected chi connectivity index (χ3v) is 5.45. The van der Waals surface area contributed by atoms with E-state index in [0.29, 0.717) is 6.42 Å². The zero-order valence-corrected chi connectivity index (χ0v) is 17.3. The van der Waals surface area contributed by atoms with Crippen molar-refractivity contribution in [1.82, 2.24) is 14.8 Å². The van der Waals surface area contributed by atoms with Gasteiger partial charge in [0, 0.05) is 19.2 Å². The summed E-state index contributed by atoms with van der Waals surface area (Å²) in [5.41, 5.74) is 4.20. The Labute approximate surface area is 169 Å². The molecule has 0 bridgehead atoms. The highest BCUT2D eigenvalue weighted by molar-refractivity contribution is 7.99. The maximum Gasteiger partial charge on any atom is 0.234 e. The Morgan fingerprint density at radius 2 is 1.89 bits per heavy atom. The van der Waals surface area contributed by atoms with Gasteiger partial charge < -0.3 is 14.6 Å². The fraction of sp³-hybridized carbons (Fsp3) is 0.286. The van der Waals surface area contributed by atoms with E-state index < -0.39 is 0 Å². The zero-order valence-electron chi connectivity index (χ0n) is 16.5. The van der Waals surface area contributed by atoms with Crippen LogP contribution in [0.2, 0.25) is 0 Å². The first-order valence-corrected chi connectivity index (χ1v) is 9.96. The molecular formula is C21H24N4O2S. The smallest absolute Gasteiger partial charge is 0.234 e. The summed E-state index contributed by atoms with van der Waals surface area (Å²) >= 11 is 1.38. The number of carbonyl (C=O) groups is 1. The summed E-state index contributed by atoms with van der Waals surface area (Å²) in [6, 6.07) is 13.9. The maximum absolute atomic E-state index is 12.3. The van der Waals surface area contributed by atoms with Crippen molar-refractivity contribution in [1.29, 1.82) is 0 Å². The summed E-state index contributed by atoms with van der Waals surface area (Å²) in [7, 11) is 3.57. The Morgan fingerprint density at radius 3 is 2.57 bits per heavy atom. The molecule has 3 aromatic rings. The molecule has 3 rings (SSSR count). The van der Waals surface area contributed by atoms with Crippen LogP contribution in [0.3, 0.4) is 0 Å². The normalized spacial score (nSPS) is 10.7. The number of aryl methyl sites for hydroxylation is 2. The molecule has 7 heteroatoms. The highest BCUT2D eigenvalue weighted by Crippen LogP contribution is 2.20. The van der Waals surface area contributed by atoms with Gasteiger partial charge in [0.25, 0.3) is 0 Å². The molecule has 0 aliphatic rings. The third-order valence-electron chi connectivity index (χ3n) is 4.43. The Kier molecular flexibility index (Phi) is 6.36. The highest BCUT2D eigenvalue weighted by Gasteiger charge is 2.13. The molecule has 1 amide bonds. The van der Waals surface area contributed by atoms with Crippen LogP contribution in [0.15, 0.2) is 47.6 Å². The van der Waals surface area contributed by atoms with Gasteiger partial charge in [-0.25, -0.2) is 0 Å². The predicted molar refractivity (Wildman–Crippen MR) is 112 cm³/mol. The maximum atomic E-state index is 12.3. The van der Waals surface area contributed by atoms with Crippen LogP contribution in [-0.4, -0.2) is 33.5 Å². The van der Waals surface area contributed by atoms with Crippen LogP contribution in [0.4, 0.5) is 5.69 Å². The van der Waals surface area contributed by atoms with Crippen LogP contribution in [0.1, 0.15) is 22.5 Å². The summed E-state index contributed by atoms with van der Waals surface area (Å²) in [6.07, 6.45) is 0.669. The van der Waals surface area contributed by atoms with Crippen LogP contribution >= 0.6 is 11.8 Å². The molecule has 1 N–H and O–H groups in total. The van der Waals surface area contributed by atoms with Gasteiger partial charge in [-0.15, -0.1) is 10.2 Å². The Balaban J connectivity index is 1.58. The van der Waals surface area contributed by atoms with E-state index in [1.807, 2.05) is 61.9 Å². The molecule has 0 saturated carbocycles. The van der Waals surface area contributed by atoms with Crippen molar-refractivity contribution in [2.45, 2.75) is 25.4 Å². The molecule has 0 atom stereocenters. The molecule has 146 valence electrons. The molecule has 0 aliphatic carbocycles. The predicted octanol–water partition coefficient (Wildman–Crippen LogP) is 3.76. The standard InChI is InChI=1S/C21H24N4O2S/c1-14-5-10-18(15(2)11-14)22-20(26)13-28-21-24-23-19(25(21)3)12-16-6-8-17(27-4)9-7-16/h5-11H,12-13H2,1-4H3,(H,22,26). The van der Waals surface area contributed by atoms with E-state index in [9.17, 15) is 4.79 Å². The lowest BCUT2D eigenvalue weighted by molar-refractivity contribution is -0.113. The number of hydrogen-bond donors (Lipinski definition) is 1. The number of anilines is 1. The SMILES string of the molecule is COc1ccc(Cc2nnc(SCC(=O)Nc3ccc(C)cc3C)n2C)cc1. The second-order valence-electron chi connectivity index (χ2n) is 6.64. The average molecular weight is 397 g/mol. The molecule has 1 heterocycles. The molecule has 0 aliphatic heterocycles.